The third kappa shape index (κ3) is 3.62. The molecule has 42 heavy (non-hydrogen) atoms. The van der Waals surface area contributed by atoms with Gasteiger partial charge in [0.05, 0.1) is 30.0 Å². The Kier molecular flexibility index (Phi) is 6.44. The molecule has 0 radical (unpaired) electrons. The zero-order valence-electron chi connectivity index (χ0n) is 26.9. The molecule has 0 bridgehead atoms. The van der Waals surface area contributed by atoms with Gasteiger partial charge in [-0.15, -0.1) is 0 Å². The molecule has 2 spiro atoms. The van der Waals surface area contributed by atoms with Crippen LogP contribution in [0.25, 0.3) is 0 Å². The monoisotopic (exact) mass is 588 g/mol. The van der Waals surface area contributed by atoms with Crippen LogP contribution in [0.2, 0.25) is 0 Å². The molecule has 8 unspecified atom stereocenters. The molecule has 2 heterocycles. The number of carbonyl (C=O) groups is 1. The van der Waals surface area contributed by atoms with E-state index in [0.717, 1.165) is 45.2 Å². The van der Waals surface area contributed by atoms with Crippen molar-refractivity contribution in [3.8, 4) is 0 Å². The van der Waals surface area contributed by atoms with Crippen molar-refractivity contribution < 1.29 is 29.6 Å². The lowest BCUT2D eigenvalue weighted by atomic mass is 9.41. The Bertz CT molecular complexity index is 1120. The van der Waals surface area contributed by atoms with Crippen LogP contribution in [-0.4, -0.2) is 76.7 Å². The van der Waals surface area contributed by atoms with Gasteiger partial charge in [-0.2, -0.15) is 0 Å². The van der Waals surface area contributed by atoms with E-state index >= 15 is 0 Å². The van der Waals surface area contributed by atoms with Gasteiger partial charge in [0, 0.05) is 23.9 Å². The van der Waals surface area contributed by atoms with Gasteiger partial charge < -0.3 is 35.4 Å². The summed E-state index contributed by atoms with van der Waals surface area (Å²) >= 11 is 0. The fourth-order valence-corrected chi connectivity index (χ4v) is 12.9. The summed E-state index contributed by atoms with van der Waals surface area (Å²) in [5, 5.41) is 40.1. The summed E-state index contributed by atoms with van der Waals surface area (Å²) in [4.78, 5) is 12.8. The van der Waals surface area contributed by atoms with Crippen molar-refractivity contribution in [1.29, 1.82) is 0 Å². The van der Waals surface area contributed by atoms with Crippen molar-refractivity contribution in [2.75, 3.05) is 13.1 Å². The molecule has 7 fully saturated rings. The summed E-state index contributed by atoms with van der Waals surface area (Å²) in [7, 11) is 0. The average molecular weight is 589 g/mol. The summed E-state index contributed by atoms with van der Waals surface area (Å²) in [6.45, 7) is 16.7. The summed E-state index contributed by atoms with van der Waals surface area (Å²) in [5.74, 6) is 1.46. The van der Waals surface area contributed by atoms with E-state index in [1.165, 1.54) is 12.8 Å². The minimum Gasteiger partial charge on any atom is -0.446 e. The maximum absolute atomic E-state index is 12.8. The highest BCUT2D eigenvalue weighted by molar-refractivity contribution is 5.68. The van der Waals surface area contributed by atoms with Crippen LogP contribution in [0.4, 0.5) is 4.79 Å². The molecule has 0 aromatic heterocycles. The Labute approximate surface area is 252 Å². The van der Waals surface area contributed by atoms with Gasteiger partial charge in [-0.05, 0) is 105 Å². The predicted octanol–water partition coefficient (Wildman–Crippen LogP) is 4.00. The fraction of sp³-hybridized carbons (Fsp3) is 0.971. The lowest BCUT2D eigenvalue weighted by molar-refractivity contribution is -0.202. The molecule has 2 saturated heterocycles. The average Bonchev–Trinajstić information content (AvgIpc) is 3.51. The van der Waals surface area contributed by atoms with Crippen LogP contribution in [-0.2, 0) is 9.47 Å². The highest BCUT2D eigenvalue weighted by Crippen LogP contribution is 2.89. The molecular weight excluding hydrogens is 532 g/mol. The second-order valence-electron chi connectivity index (χ2n) is 17.5. The second-order valence-corrected chi connectivity index (χ2v) is 17.5. The van der Waals surface area contributed by atoms with Crippen LogP contribution >= 0.6 is 0 Å². The van der Waals surface area contributed by atoms with Gasteiger partial charge in [0.25, 0.3) is 0 Å². The Morgan fingerprint density at radius 1 is 1.05 bits per heavy atom. The van der Waals surface area contributed by atoms with E-state index in [1.807, 2.05) is 0 Å². The minimum atomic E-state index is -1.26. The van der Waals surface area contributed by atoms with Crippen molar-refractivity contribution in [3.05, 3.63) is 0 Å². The molecule has 8 nitrogen and oxygen atoms in total. The van der Waals surface area contributed by atoms with Crippen molar-refractivity contribution in [3.63, 3.8) is 0 Å². The third-order valence-corrected chi connectivity index (χ3v) is 15.2. The summed E-state index contributed by atoms with van der Waals surface area (Å²) in [6, 6.07) is 0.178. The summed E-state index contributed by atoms with van der Waals surface area (Å²) in [6.07, 6.45) is 5.71. The molecule has 8 heteroatoms. The Morgan fingerprint density at radius 3 is 2.36 bits per heavy atom. The lowest BCUT2D eigenvalue weighted by Crippen LogP contribution is -2.60. The number of alkyl carbamates (subject to hydrolysis) is 1. The van der Waals surface area contributed by atoms with Crippen molar-refractivity contribution in [2.24, 2.45) is 50.7 Å². The molecule has 1 amide bonds. The number of aliphatic hydroxyl groups excluding tert-OH is 2. The number of hydrogen-bond donors (Lipinski definition) is 5. The number of nitrogens with one attached hydrogen (secondary N) is 2. The van der Waals surface area contributed by atoms with E-state index in [9.17, 15) is 20.1 Å². The van der Waals surface area contributed by atoms with Gasteiger partial charge in [-0.25, -0.2) is 4.79 Å². The topological polar surface area (TPSA) is 120 Å². The van der Waals surface area contributed by atoms with Crippen LogP contribution in [0.15, 0.2) is 0 Å². The van der Waals surface area contributed by atoms with Gasteiger partial charge in [-0.1, -0.05) is 34.6 Å². The highest BCUT2D eigenvalue weighted by Gasteiger charge is 2.84. The molecule has 2 aliphatic heterocycles. The summed E-state index contributed by atoms with van der Waals surface area (Å²) < 4.78 is 12.8. The van der Waals surface area contributed by atoms with Crippen LogP contribution in [0, 0.1) is 50.7 Å². The molecule has 5 aliphatic carbocycles. The van der Waals surface area contributed by atoms with Crippen LogP contribution in [0.1, 0.15) is 99.8 Å². The number of amides is 1. The number of hydrogen-bond acceptors (Lipinski definition) is 7. The maximum atomic E-state index is 12.8. The first-order chi connectivity index (χ1) is 19.5. The SMILES string of the molecule is C[C@@H]1CC(C(O)C(C)(C)O)OC2[C@H]1C1(C)CCC34CC35CCC(OC(=O)NC3CNC3)C(C)(C)[C@@H]5CCC4[C@]1(C)[C@H]2O. The fourth-order valence-electron chi connectivity index (χ4n) is 12.9. The third-order valence-electron chi connectivity index (χ3n) is 15.2. The molecule has 0 aromatic rings. The molecule has 13 atom stereocenters. The quantitative estimate of drug-likeness (QED) is 0.337. The van der Waals surface area contributed by atoms with Gasteiger partial charge in [-0.3, -0.25) is 0 Å². The van der Waals surface area contributed by atoms with Gasteiger partial charge in [0.15, 0.2) is 0 Å². The number of aliphatic hydroxyl groups is 3. The molecule has 5 N–H and O–H groups in total. The number of ether oxygens (including phenoxy) is 2. The number of rotatable bonds is 4. The molecule has 7 aliphatic rings. The Hall–Kier alpha value is -0.930. The largest absolute Gasteiger partial charge is 0.446 e. The van der Waals surface area contributed by atoms with E-state index in [4.69, 9.17) is 9.47 Å². The number of fused-ring (bicyclic) bond motifs is 4. The van der Waals surface area contributed by atoms with E-state index in [1.54, 1.807) is 13.8 Å². The van der Waals surface area contributed by atoms with Crippen LogP contribution in [0.3, 0.4) is 0 Å². The second kappa shape index (κ2) is 9.08. The zero-order chi connectivity index (χ0) is 30.3. The smallest absolute Gasteiger partial charge is 0.407 e. The molecule has 7 rings (SSSR count). The first kappa shape index (κ1) is 29.8. The van der Waals surface area contributed by atoms with E-state index in [0.29, 0.717) is 24.2 Å². The van der Waals surface area contributed by atoms with E-state index < -0.39 is 23.9 Å². The minimum absolute atomic E-state index is 0.0437. The van der Waals surface area contributed by atoms with Crippen molar-refractivity contribution in [1.82, 2.24) is 10.6 Å². The standard InChI is InChI=1S/C34H56N2O6/c1-18-14-20(26(37)30(4,5)40)41-25-24(18)31(6)12-13-34-17-33(34)11-10-23(42-28(39)36-19-15-35-16-19)29(2,3)21(33)8-9-22(34)32(31,7)27(25)38/h18-27,35,37-38,40H,8-17H2,1-7H3,(H,36,39)/t18-,20?,21+,22?,23?,24+,25?,26?,27+,31?,32-,33?,34?/m1/s1. The molecular formula is C34H56N2O6. The highest BCUT2D eigenvalue weighted by atomic mass is 16.6. The van der Waals surface area contributed by atoms with Crippen molar-refractivity contribution in [2.45, 2.75) is 142 Å². The van der Waals surface area contributed by atoms with Crippen molar-refractivity contribution >= 4 is 6.09 Å². The van der Waals surface area contributed by atoms with Gasteiger partial charge >= 0.3 is 6.09 Å². The lowest BCUT2D eigenvalue weighted by Gasteiger charge is -2.63. The van der Waals surface area contributed by atoms with E-state index in [-0.39, 0.29) is 57.3 Å². The Balaban J connectivity index is 1.14. The maximum Gasteiger partial charge on any atom is 0.407 e. The van der Waals surface area contributed by atoms with Gasteiger partial charge in [0.2, 0.25) is 0 Å². The first-order valence-corrected chi connectivity index (χ1v) is 16.9. The molecule has 0 aromatic carbocycles. The van der Waals surface area contributed by atoms with Crippen LogP contribution in [0.5, 0.6) is 0 Å². The molecule has 5 saturated carbocycles. The number of carbonyl (C=O) groups excluding carboxylic acids is 1. The zero-order valence-corrected chi connectivity index (χ0v) is 26.9. The molecule has 238 valence electrons. The van der Waals surface area contributed by atoms with E-state index in [2.05, 4.69) is 45.3 Å². The normalized spacial score (nSPS) is 53.3. The van der Waals surface area contributed by atoms with Gasteiger partial charge in [0.1, 0.15) is 12.2 Å². The summed E-state index contributed by atoms with van der Waals surface area (Å²) in [5.41, 5.74) is -1.17. The first-order valence-electron chi connectivity index (χ1n) is 16.9. The Morgan fingerprint density at radius 2 is 1.71 bits per heavy atom. The predicted molar refractivity (Wildman–Crippen MR) is 158 cm³/mol. The van der Waals surface area contributed by atoms with Crippen LogP contribution < -0.4 is 10.6 Å².